The summed E-state index contributed by atoms with van der Waals surface area (Å²) in [6, 6.07) is 2.15. The van der Waals surface area contributed by atoms with Gasteiger partial charge in [0.1, 0.15) is 12.1 Å². The highest BCUT2D eigenvalue weighted by molar-refractivity contribution is 5.39. The van der Waals surface area contributed by atoms with Crippen molar-refractivity contribution in [2.45, 2.75) is 39.0 Å². The van der Waals surface area contributed by atoms with Crippen molar-refractivity contribution in [1.29, 1.82) is 0 Å². The summed E-state index contributed by atoms with van der Waals surface area (Å²) in [5.41, 5.74) is 6.70. The summed E-state index contributed by atoms with van der Waals surface area (Å²) < 4.78 is 0. The first-order chi connectivity index (χ1) is 10.2. The van der Waals surface area contributed by atoms with Gasteiger partial charge in [-0.2, -0.15) is 0 Å². The van der Waals surface area contributed by atoms with E-state index in [1.807, 2.05) is 0 Å². The first kappa shape index (κ1) is 16.2. The number of nitrogens with two attached hydrogens (primary N) is 1. The molecule has 1 aromatic rings. The van der Waals surface area contributed by atoms with Crippen LogP contribution in [0, 0.1) is 0 Å². The molecule has 0 aliphatic carbocycles. The van der Waals surface area contributed by atoms with Crippen LogP contribution in [-0.2, 0) is 0 Å². The number of hydrogen-bond donors (Lipinski definition) is 1. The minimum Gasteiger partial charge on any atom is -0.355 e. The van der Waals surface area contributed by atoms with Crippen molar-refractivity contribution in [3.63, 3.8) is 0 Å². The van der Waals surface area contributed by atoms with Crippen LogP contribution in [0.4, 0.5) is 5.82 Å². The molecule has 2 rings (SSSR count). The van der Waals surface area contributed by atoms with Gasteiger partial charge in [0.15, 0.2) is 0 Å². The van der Waals surface area contributed by atoms with Crippen molar-refractivity contribution in [1.82, 2.24) is 14.9 Å². The lowest BCUT2D eigenvalue weighted by atomic mass is 10.1. The lowest BCUT2D eigenvalue weighted by Gasteiger charge is -2.23. The zero-order valence-corrected chi connectivity index (χ0v) is 13.5. The predicted octanol–water partition coefficient (Wildman–Crippen LogP) is 1.85. The summed E-state index contributed by atoms with van der Waals surface area (Å²) >= 11 is 0. The van der Waals surface area contributed by atoms with E-state index in [-0.39, 0.29) is 0 Å². The SMILES string of the molecule is CC(C)c1cc(N2CCCN(CCCCN)CC2)ncn1. The maximum Gasteiger partial charge on any atom is 0.132 e. The van der Waals surface area contributed by atoms with Gasteiger partial charge < -0.3 is 15.5 Å². The van der Waals surface area contributed by atoms with E-state index in [2.05, 4.69) is 39.7 Å². The smallest absolute Gasteiger partial charge is 0.132 e. The number of rotatable bonds is 6. The summed E-state index contributed by atoms with van der Waals surface area (Å²) in [5, 5.41) is 0. The van der Waals surface area contributed by atoms with Crippen molar-refractivity contribution in [3.8, 4) is 0 Å². The van der Waals surface area contributed by atoms with Crippen molar-refractivity contribution in [3.05, 3.63) is 18.1 Å². The molecule has 1 aromatic heterocycles. The standard InChI is InChI=1S/C16H29N5/c1-14(2)15-12-16(19-13-18-15)21-9-5-8-20(10-11-21)7-4-3-6-17/h12-14H,3-11,17H2,1-2H3. The zero-order chi connectivity index (χ0) is 15.1. The molecular formula is C16H29N5. The van der Waals surface area contributed by atoms with Gasteiger partial charge in [0.2, 0.25) is 0 Å². The Balaban J connectivity index is 1.91. The van der Waals surface area contributed by atoms with E-state index < -0.39 is 0 Å². The first-order valence-corrected chi connectivity index (χ1v) is 8.20. The lowest BCUT2D eigenvalue weighted by Crippen LogP contribution is -2.32. The van der Waals surface area contributed by atoms with Gasteiger partial charge in [0, 0.05) is 31.4 Å². The van der Waals surface area contributed by atoms with E-state index in [9.17, 15) is 0 Å². The molecule has 0 spiro atoms. The predicted molar refractivity (Wildman–Crippen MR) is 87.7 cm³/mol. The Morgan fingerprint density at radius 3 is 2.76 bits per heavy atom. The quantitative estimate of drug-likeness (QED) is 0.811. The Morgan fingerprint density at radius 2 is 2.00 bits per heavy atom. The Kier molecular flexibility index (Phi) is 6.39. The molecule has 0 radical (unpaired) electrons. The maximum atomic E-state index is 5.57. The molecule has 0 saturated carbocycles. The molecule has 118 valence electrons. The Bertz CT molecular complexity index is 421. The fourth-order valence-electron chi connectivity index (χ4n) is 2.75. The Hall–Kier alpha value is -1.20. The molecule has 1 saturated heterocycles. The number of aromatic nitrogens is 2. The van der Waals surface area contributed by atoms with Crippen LogP contribution in [0.3, 0.4) is 0 Å². The van der Waals surface area contributed by atoms with Crippen LogP contribution in [-0.4, -0.2) is 54.1 Å². The van der Waals surface area contributed by atoms with Gasteiger partial charge >= 0.3 is 0 Å². The molecule has 2 heterocycles. The minimum atomic E-state index is 0.450. The molecule has 1 aliphatic heterocycles. The van der Waals surface area contributed by atoms with E-state index in [4.69, 9.17) is 5.73 Å². The third-order valence-corrected chi connectivity index (χ3v) is 4.11. The second-order valence-electron chi connectivity index (χ2n) is 6.13. The third kappa shape index (κ3) is 4.93. The van der Waals surface area contributed by atoms with Gasteiger partial charge in [-0.15, -0.1) is 0 Å². The second-order valence-corrected chi connectivity index (χ2v) is 6.13. The summed E-state index contributed by atoms with van der Waals surface area (Å²) in [7, 11) is 0. The number of nitrogens with zero attached hydrogens (tertiary/aromatic N) is 4. The highest BCUT2D eigenvalue weighted by atomic mass is 15.2. The van der Waals surface area contributed by atoms with E-state index in [1.165, 1.54) is 25.9 Å². The lowest BCUT2D eigenvalue weighted by molar-refractivity contribution is 0.288. The number of anilines is 1. The van der Waals surface area contributed by atoms with Gasteiger partial charge in [-0.1, -0.05) is 13.8 Å². The first-order valence-electron chi connectivity index (χ1n) is 8.20. The normalized spacial score (nSPS) is 17.2. The van der Waals surface area contributed by atoms with Crippen LogP contribution in [0.15, 0.2) is 12.4 Å². The molecule has 2 N–H and O–H groups in total. The fraction of sp³-hybridized carbons (Fsp3) is 0.750. The van der Waals surface area contributed by atoms with Gasteiger partial charge in [-0.25, -0.2) is 9.97 Å². The monoisotopic (exact) mass is 291 g/mol. The van der Waals surface area contributed by atoms with Crippen molar-refractivity contribution in [2.75, 3.05) is 44.2 Å². The second kappa shape index (κ2) is 8.29. The molecule has 5 heteroatoms. The van der Waals surface area contributed by atoms with Gasteiger partial charge in [0.25, 0.3) is 0 Å². The van der Waals surface area contributed by atoms with Crippen molar-refractivity contribution >= 4 is 5.82 Å². The maximum absolute atomic E-state index is 5.57. The van der Waals surface area contributed by atoms with Crippen LogP contribution in [0.2, 0.25) is 0 Å². The summed E-state index contributed by atoms with van der Waals surface area (Å²) in [6.45, 7) is 10.8. The van der Waals surface area contributed by atoms with E-state index in [1.54, 1.807) is 6.33 Å². The summed E-state index contributed by atoms with van der Waals surface area (Å²) in [6.07, 6.45) is 5.24. The molecule has 0 aromatic carbocycles. The summed E-state index contributed by atoms with van der Waals surface area (Å²) in [4.78, 5) is 13.8. The highest BCUT2D eigenvalue weighted by Crippen LogP contribution is 2.18. The molecule has 0 amide bonds. The van der Waals surface area contributed by atoms with Crippen LogP contribution >= 0.6 is 0 Å². The topological polar surface area (TPSA) is 58.3 Å². The van der Waals surface area contributed by atoms with Crippen LogP contribution < -0.4 is 10.6 Å². The molecular weight excluding hydrogens is 262 g/mol. The molecule has 0 unspecified atom stereocenters. The van der Waals surface area contributed by atoms with Crippen molar-refractivity contribution < 1.29 is 0 Å². The Labute approximate surface area is 128 Å². The van der Waals surface area contributed by atoms with E-state index in [0.717, 1.165) is 44.1 Å². The van der Waals surface area contributed by atoms with Crippen molar-refractivity contribution in [2.24, 2.45) is 5.73 Å². The molecule has 1 aliphatic rings. The summed E-state index contributed by atoms with van der Waals surface area (Å²) in [5.74, 6) is 1.53. The Morgan fingerprint density at radius 1 is 1.14 bits per heavy atom. The molecule has 21 heavy (non-hydrogen) atoms. The molecule has 0 bridgehead atoms. The highest BCUT2D eigenvalue weighted by Gasteiger charge is 2.16. The van der Waals surface area contributed by atoms with E-state index >= 15 is 0 Å². The zero-order valence-electron chi connectivity index (χ0n) is 13.5. The molecule has 1 fully saturated rings. The average molecular weight is 291 g/mol. The number of unbranched alkanes of at least 4 members (excludes halogenated alkanes) is 1. The third-order valence-electron chi connectivity index (χ3n) is 4.11. The fourth-order valence-corrected chi connectivity index (χ4v) is 2.75. The van der Waals surface area contributed by atoms with Crippen LogP contribution in [0.1, 0.15) is 44.7 Å². The average Bonchev–Trinajstić information content (AvgIpc) is 2.73. The largest absolute Gasteiger partial charge is 0.355 e. The molecule has 0 atom stereocenters. The minimum absolute atomic E-state index is 0.450. The molecule has 5 nitrogen and oxygen atoms in total. The van der Waals surface area contributed by atoms with Gasteiger partial charge in [0.05, 0.1) is 0 Å². The number of hydrogen-bond acceptors (Lipinski definition) is 5. The van der Waals surface area contributed by atoms with Gasteiger partial charge in [-0.3, -0.25) is 0 Å². The van der Waals surface area contributed by atoms with Gasteiger partial charge in [-0.05, 0) is 44.8 Å². The van der Waals surface area contributed by atoms with Crippen LogP contribution in [0.25, 0.3) is 0 Å². The van der Waals surface area contributed by atoms with E-state index in [0.29, 0.717) is 5.92 Å². The van der Waals surface area contributed by atoms with Crippen LogP contribution in [0.5, 0.6) is 0 Å².